The molecule has 0 bridgehead atoms. The van der Waals surface area contributed by atoms with Crippen molar-refractivity contribution in [3.63, 3.8) is 0 Å². The van der Waals surface area contributed by atoms with Crippen LogP contribution < -0.4 is 5.32 Å². The molecule has 0 aliphatic heterocycles. The Kier molecular flexibility index (Phi) is 4.81. The highest BCUT2D eigenvalue weighted by atomic mass is 19.4. The molecule has 128 valence electrons. The van der Waals surface area contributed by atoms with Gasteiger partial charge < -0.3 is 5.32 Å². The Balaban J connectivity index is 2.24. The molecule has 0 spiro atoms. The third kappa shape index (κ3) is 3.84. The molecule has 1 atom stereocenters. The number of halogens is 6. The second kappa shape index (κ2) is 6.50. The topological polar surface area (TPSA) is 42.0 Å². The first kappa shape index (κ1) is 17.8. The maximum absolute atomic E-state index is 13.5. The molecular formula is C15H10F6N2O. The minimum Gasteiger partial charge on any atom is -0.345 e. The average molecular weight is 348 g/mol. The van der Waals surface area contributed by atoms with Gasteiger partial charge in [0.1, 0.15) is 0 Å². The zero-order chi connectivity index (χ0) is 18.1. The minimum atomic E-state index is -4.79. The van der Waals surface area contributed by atoms with Gasteiger partial charge in [-0.15, -0.1) is 0 Å². The number of rotatable bonds is 3. The van der Waals surface area contributed by atoms with E-state index in [0.717, 1.165) is 12.1 Å². The lowest BCUT2D eigenvalue weighted by molar-refractivity contribution is -0.137. The van der Waals surface area contributed by atoms with E-state index in [2.05, 4.69) is 10.3 Å². The van der Waals surface area contributed by atoms with Crippen molar-refractivity contribution in [2.24, 2.45) is 0 Å². The van der Waals surface area contributed by atoms with Crippen LogP contribution in [0.15, 0.2) is 30.5 Å². The number of benzene rings is 1. The van der Waals surface area contributed by atoms with E-state index < -0.39 is 46.8 Å². The number of hydrogen-bond acceptors (Lipinski definition) is 2. The number of carbonyl (C=O) groups excluding carboxylic acids is 1. The highest BCUT2D eigenvalue weighted by Crippen LogP contribution is 2.29. The Morgan fingerprint density at radius 3 is 2.38 bits per heavy atom. The van der Waals surface area contributed by atoms with E-state index in [1.54, 1.807) is 0 Å². The van der Waals surface area contributed by atoms with Crippen molar-refractivity contribution >= 4 is 5.91 Å². The summed E-state index contributed by atoms with van der Waals surface area (Å²) in [5.41, 5.74) is -2.03. The van der Waals surface area contributed by atoms with Gasteiger partial charge in [-0.25, -0.2) is 13.8 Å². The van der Waals surface area contributed by atoms with Gasteiger partial charge in [0.25, 0.3) is 5.91 Å². The summed E-state index contributed by atoms with van der Waals surface area (Å²) in [5.74, 6) is -4.78. The monoisotopic (exact) mass is 348 g/mol. The molecule has 24 heavy (non-hydrogen) atoms. The van der Waals surface area contributed by atoms with Crippen LogP contribution in [0.2, 0.25) is 0 Å². The molecule has 0 aliphatic carbocycles. The predicted octanol–water partition coefficient (Wildman–Crippen LogP) is 4.01. The highest BCUT2D eigenvalue weighted by Gasteiger charge is 2.32. The van der Waals surface area contributed by atoms with E-state index in [9.17, 15) is 31.1 Å². The Bertz CT molecular complexity index is 775. The van der Waals surface area contributed by atoms with Gasteiger partial charge in [0.15, 0.2) is 11.6 Å². The van der Waals surface area contributed by atoms with Crippen LogP contribution >= 0.6 is 0 Å². The third-order valence-corrected chi connectivity index (χ3v) is 3.20. The van der Waals surface area contributed by atoms with Gasteiger partial charge in [-0.1, -0.05) is 6.07 Å². The Morgan fingerprint density at radius 1 is 1.12 bits per heavy atom. The van der Waals surface area contributed by atoms with E-state index in [-0.39, 0.29) is 11.8 Å². The van der Waals surface area contributed by atoms with Gasteiger partial charge in [-0.2, -0.15) is 17.6 Å². The average Bonchev–Trinajstić information content (AvgIpc) is 2.49. The minimum absolute atomic E-state index is 0.155. The molecule has 2 aromatic rings. The van der Waals surface area contributed by atoms with Crippen molar-refractivity contribution in [2.45, 2.75) is 19.1 Å². The normalized spacial score (nSPS) is 12.8. The second-order valence-electron chi connectivity index (χ2n) is 4.93. The van der Waals surface area contributed by atoms with Gasteiger partial charge in [-0.3, -0.25) is 4.79 Å². The number of alkyl halides is 3. The van der Waals surface area contributed by atoms with Crippen LogP contribution in [0.5, 0.6) is 0 Å². The van der Waals surface area contributed by atoms with Gasteiger partial charge in [-0.05, 0) is 30.7 Å². The molecule has 1 heterocycles. The fourth-order valence-electron chi connectivity index (χ4n) is 1.90. The Hall–Kier alpha value is -2.58. The van der Waals surface area contributed by atoms with Gasteiger partial charge in [0, 0.05) is 6.20 Å². The summed E-state index contributed by atoms with van der Waals surface area (Å²) in [7, 11) is 0. The summed E-state index contributed by atoms with van der Waals surface area (Å²) in [4.78, 5) is 14.9. The number of nitrogens with one attached hydrogen (secondary N) is 1. The first-order valence-corrected chi connectivity index (χ1v) is 6.58. The van der Waals surface area contributed by atoms with Crippen LogP contribution in [0.25, 0.3) is 0 Å². The lowest BCUT2D eigenvalue weighted by Gasteiger charge is -2.15. The summed E-state index contributed by atoms with van der Waals surface area (Å²) < 4.78 is 77.4. The second-order valence-corrected chi connectivity index (χ2v) is 4.93. The van der Waals surface area contributed by atoms with Crippen LogP contribution in [-0.2, 0) is 6.18 Å². The zero-order valence-electron chi connectivity index (χ0n) is 12.1. The number of aromatic nitrogens is 1. The Labute approximate surface area is 132 Å². The van der Waals surface area contributed by atoms with Crippen molar-refractivity contribution in [1.82, 2.24) is 10.3 Å². The van der Waals surface area contributed by atoms with Crippen LogP contribution in [-0.4, -0.2) is 10.9 Å². The summed E-state index contributed by atoms with van der Waals surface area (Å²) >= 11 is 0. The van der Waals surface area contributed by atoms with Gasteiger partial charge in [0.2, 0.25) is 5.95 Å². The number of pyridine rings is 1. The smallest absolute Gasteiger partial charge is 0.345 e. The summed E-state index contributed by atoms with van der Waals surface area (Å²) in [6.07, 6.45) is -4.52. The molecule has 1 aromatic carbocycles. The number of carbonyl (C=O) groups is 1. The first-order chi connectivity index (χ1) is 11.1. The Morgan fingerprint density at radius 2 is 1.79 bits per heavy atom. The molecule has 2 rings (SSSR count). The van der Waals surface area contributed by atoms with Gasteiger partial charge >= 0.3 is 6.18 Å². The third-order valence-electron chi connectivity index (χ3n) is 3.20. The lowest BCUT2D eigenvalue weighted by Crippen LogP contribution is -2.28. The molecule has 1 N–H and O–H groups in total. The molecule has 1 amide bonds. The summed E-state index contributed by atoms with van der Waals surface area (Å²) in [6.45, 7) is 1.38. The zero-order valence-corrected chi connectivity index (χ0v) is 12.1. The molecular weight excluding hydrogens is 338 g/mol. The molecule has 0 saturated heterocycles. The predicted molar refractivity (Wildman–Crippen MR) is 71.4 cm³/mol. The largest absolute Gasteiger partial charge is 0.417 e. The maximum atomic E-state index is 13.5. The number of nitrogens with zero attached hydrogens (tertiary/aromatic N) is 1. The molecule has 0 fully saturated rings. The standard InChI is InChI=1S/C15H10F6N2O/c1-7(8-2-3-11(16)12(17)4-8)23-14(24)10-5-9(15(19,20)21)6-22-13(10)18/h2-7H,1H3,(H,23,24)/t7-/m0/s1. The first-order valence-electron chi connectivity index (χ1n) is 6.58. The van der Waals surface area contributed by atoms with Crippen molar-refractivity contribution in [1.29, 1.82) is 0 Å². The summed E-state index contributed by atoms with van der Waals surface area (Å²) in [5, 5.41) is 2.20. The van der Waals surface area contributed by atoms with Crippen LogP contribution in [0.4, 0.5) is 26.3 Å². The highest BCUT2D eigenvalue weighted by molar-refractivity contribution is 5.94. The van der Waals surface area contributed by atoms with Crippen LogP contribution in [0.3, 0.4) is 0 Å². The van der Waals surface area contributed by atoms with E-state index >= 15 is 0 Å². The molecule has 0 unspecified atom stereocenters. The molecule has 0 saturated carbocycles. The van der Waals surface area contributed by atoms with Crippen molar-refractivity contribution in [2.75, 3.05) is 0 Å². The molecule has 3 nitrogen and oxygen atoms in total. The summed E-state index contributed by atoms with van der Waals surface area (Å²) in [6, 6.07) is 2.27. The lowest BCUT2D eigenvalue weighted by atomic mass is 10.1. The van der Waals surface area contributed by atoms with E-state index in [4.69, 9.17) is 0 Å². The molecule has 0 aliphatic rings. The van der Waals surface area contributed by atoms with Crippen molar-refractivity contribution in [3.8, 4) is 0 Å². The molecule has 9 heteroatoms. The van der Waals surface area contributed by atoms with Crippen LogP contribution in [0, 0.1) is 17.6 Å². The van der Waals surface area contributed by atoms with E-state index in [1.807, 2.05) is 0 Å². The maximum Gasteiger partial charge on any atom is 0.417 e. The van der Waals surface area contributed by atoms with Crippen LogP contribution in [0.1, 0.15) is 34.5 Å². The number of amides is 1. The SMILES string of the molecule is C[C@H](NC(=O)c1cc(C(F)(F)F)cnc1F)c1ccc(F)c(F)c1. The quantitative estimate of drug-likeness (QED) is 0.673. The fourth-order valence-corrected chi connectivity index (χ4v) is 1.90. The van der Waals surface area contributed by atoms with Crippen molar-refractivity contribution in [3.05, 3.63) is 64.7 Å². The van der Waals surface area contributed by atoms with E-state index in [1.165, 1.54) is 13.0 Å². The fraction of sp³-hybridized carbons (Fsp3) is 0.200. The molecule has 0 radical (unpaired) electrons. The number of hydrogen-bond donors (Lipinski definition) is 1. The van der Waals surface area contributed by atoms with E-state index in [0.29, 0.717) is 6.07 Å². The molecule has 1 aromatic heterocycles. The van der Waals surface area contributed by atoms with Crippen molar-refractivity contribution < 1.29 is 31.1 Å². The van der Waals surface area contributed by atoms with Gasteiger partial charge in [0.05, 0.1) is 17.2 Å².